The van der Waals surface area contributed by atoms with Gasteiger partial charge in [-0.25, -0.2) is 4.98 Å². The number of allylic oxidation sites excluding steroid dienone is 1. The molecule has 2 aromatic heterocycles. The maximum absolute atomic E-state index is 13.0. The number of nitrogens with one attached hydrogen (secondary N) is 2. The number of para-hydroxylation sites is 1. The van der Waals surface area contributed by atoms with Gasteiger partial charge in [0, 0.05) is 28.4 Å². The number of fused-ring (bicyclic) bond motifs is 3. The lowest BCUT2D eigenvalue weighted by atomic mass is 9.97. The second-order valence-electron chi connectivity index (χ2n) is 8.29. The fraction of sp³-hybridized carbons (Fsp3) is 0.259. The SMILES string of the molecule is COc1ccc(-c2nc(C(=O)NCCC3=CCCCC3)cc3c2[nH]c2ccccc23)cc1. The molecule has 4 aromatic rings. The number of aromatic amines is 1. The summed E-state index contributed by atoms with van der Waals surface area (Å²) in [6, 6.07) is 17.8. The van der Waals surface area contributed by atoms with Crippen LogP contribution in [0.2, 0.25) is 0 Å². The van der Waals surface area contributed by atoms with Gasteiger partial charge in [-0.05, 0) is 68.5 Å². The van der Waals surface area contributed by atoms with E-state index in [1.165, 1.54) is 18.4 Å². The Hall–Kier alpha value is -3.60. The van der Waals surface area contributed by atoms with E-state index in [0.717, 1.165) is 58.1 Å². The van der Waals surface area contributed by atoms with Gasteiger partial charge in [0.1, 0.15) is 11.4 Å². The Labute approximate surface area is 187 Å². The molecule has 0 bridgehead atoms. The number of pyridine rings is 1. The van der Waals surface area contributed by atoms with Crippen LogP contribution in [0.4, 0.5) is 0 Å². The van der Waals surface area contributed by atoms with Gasteiger partial charge in [0.05, 0.1) is 18.3 Å². The molecule has 0 saturated carbocycles. The minimum Gasteiger partial charge on any atom is -0.497 e. The first-order valence-corrected chi connectivity index (χ1v) is 11.2. The first-order chi connectivity index (χ1) is 15.7. The van der Waals surface area contributed by atoms with Gasteiger partial charge < -0.3 is 15.0 Å². The van der Waals surface area contributed by atoms with Crippen molar-refractivity contribution in [1.82, 2.24) is 15.3 Å². The Morgan fingerprint density at radius 1 is 1.09 bits per heavy atom. The number of rotatable bonds is 6. The molecule has 32 heavy (non-hydrogen) atoms. The molecule has 2 N–H and O–H groups in total. The number of methoxy groups -OCH3 is 1. The molecule has 5 nitrogen and oxygen atoms in total. The highest BCUT2D eigenvalue weighted by molar-refractivity contribution is 6.13. The highest BCUT2D eigenvalue weighted by atomic mass is 16.5. The second kappa shape index (κ2) is 8.87. The van der Waals surface area contributed by atoms with Crippen molar-refractivity contribution in [1.29, 1.82) is 0 Å². The molecule has 1 aliphatic carbocycles. The third-order valence-corrected chi connectivity index (χ3v) is 6.21. The fourth-order valence-corrected chi connectivity index (χ4v) is 4.48. The van der Waals surface area contributed by atoms with Gasteiger partial charge in [-0.3, -0.25) is 4.79 Å². The van der Waals surface area contributed by atoms with Gasteiger partial charge in [-0.2, -0.15) is 0 Å². The minimum absolute atomic E-state index is 0.136. The lowest BCUT2D eigenvalue weighted by Crippen LogP contribution is -2.26. The zero-order valence-electron chi connectivity index (χ0n) is 18.3. The third kappa shape index (κ3) is 3.98. The van der Waals surface area contributed by atoms with Crippen LogP contribution in [0.5, 0.6) is 5.75 Å². The number of ether oxygens (including phenoxy) is 1. The molecular weight excluding hydrogens is 398 g/mol. The number of hydrogen-bond donors (Lipinski definition) is 2. The zero-order valence-corrected chi connectivity index (χ0v) is 18.3. The van der Waals surface area contributed by atoms with Crippen LogP contribution in [0.15, 0.2) is 66.2 Å². The number of carbonyl (C=O) groups excluding carboxylic acids is 1. The molecule has 0 spiro atoms. The number of hydrogen-bond acceptors (Lipinski definition) is 3. The van der Waals surface area contributed by atoms with Crippen molar-refractivity contribution >= 4 is 27.7 Å². The topological polar surface area (TPSA) is 67.0 Å². The Morgan fingerprint density at radius 2 is 1.94 bits per heavy atom. The van der Waals surface area contributed by atoms with Crippen LogP contribution < -0.4 is 10.1 Å². The van der Waals surface area contributed by atoms with Crippen LogP contribution in [-0.4, -0.2) is 29.5 Å². The van der Waals surface area contributed by atoms with Crippen molar-refractivity contribution in [3.8, 4) is 17.0 Å². The van der Waals surface area contributed by atoms with Gasteiger partial charge in [0.25, 0.3) is 5.91 Å². The number of benzene rings is 2. The van der Waals surface area contributed by atoms with Crippen LogP contribution in [0.1, 0.15) is 42.6 Å². The summed E-state index contributed by atoms with van der Waals surface area (Å²) in [4.78, 5) is 21.3. The Morgan fingerprint density at radius 3 is 2.72 bits per heavy atom. The molecule has 0 atom stereocenters. The van der Waals surface area contributed by atoms with Crippen LogP contribution in [-0.2, 0) is 0 Å². The third-order valence-electron chi connectivity index (χ3n) is 6.21. The van der Waals surface area contributed by atoms with Gasteiger partial charge in [-0.1, -0.05) is 29.8 Å². The summed E-state index contributed by atoms with van der Waals surface area (Å²) in [5.74, 6) is 0.649. The summed E-state index contributed by atoms with van der Waals surface area (Å²) in [6.45, 7) is 0.635. The second-order valence-corrected chi connectivity index (χ2v) is 8.29. The summed E-state index contributed by atoms with van der Waals surface area (Å²) in [5, 5.41) is 5.16. The molecule has 1 aliphatic rings. The lowest BCUT2D eigenvalue weighted by molar-refractivity contribution is 0.0949. The van der Waals surface area contributed by atoms with Crippen molar-refractivity contribution in [2.45, 2.75) is 32.1 Å². The maximum Gasteiger partial charge on any atom is 0.269 e. The summed E-state index contributed by atoms with van der Waals surface area (Å²) in [5.41, 5.74) is 5.55. The van der Waals surface area contributed by atoms with Crippen LogP contribution in [0.25, 0.3) is 33.1 Å². The summed E-state index contributed by atoms with van der Waals surface area (Å²) in [7, 11) is 1.65. The Balaban J connectivity index is 1.51. The van der Waals surface area contributed by atoms with Crippen molar-refractivity contribution in [3.05, 3.63) is 71.9 Å². The quantitative estimate of drug-likeness (QED) is 0.372. The van der Waals surface area contributed by atoms with E-state index in [4.69, 9.17) is 9.72 Å². The van der Waals surface area contributed by atoms with E-state index < -0.39 is 0 Å². The van der Waals surface area contributed by atoms with E-state index in [0.29, 0.717) is 12.2 Å². The van der Waals surface area contributed by atoms with Crippen molar-refractivity contribution in [2.24, 2.45) is 0 Å². The van der Waals surface area contributed by atoms with Gasteiger partial charge in [0.2, 0.25) is 0 Å². The summed E-state index contributed by atoms with van der Waals surface area (Å²) < 4.78 is 5.30. The molecule has 2 aromatic carbocycles. The van der Waals surface area contributed by atoms with Crippen molar-refractivity contribution < 1.29 is 9.53 Å². The highest BCUT2D eigenvalue weighted by Gasteiger charge is 2.17. The van der Waals surface area contributed by atoms with Gasteiger partial charge in [-0.15, -0.1) is 0 Å². The monoisotopic (exact) mass is 425 g/mol. The van der Waals surface area contributed by atoms with Gasteiger partial charge >= 0.3 is 0 Å². The van der Waals surface area contributed by atoms with Crippen LogP contribution in [0, 0.1) is 0 Å². The van der Waals surface area contributed by atoms with Crippen molar-refractivity contribution in [2.75, 3.05) is 13.7 Å². The van der Waals surface area contributed by atoms with E-state index in [-0.39, 0.29) is 5.91 Å². The molecule has 0 saturated heterocycles. The maximum atomic E-state index is 13.0. The van der Waals surface area contributed by atoms with E-state index >= 15 is 0 Å². The Kier molecular flexibility index (Phi) is 5.63. The first-order valence-electron chi connectivity index (χ1n) is 11.2. The molecule has 0 fully saturated rings. The van der Waals surface area contributed by atoms with Crippen molar-refractivity contribution in [3.63, 3.8) is 0 Å². The van der Waals surface area contributed by atoms with Crippen LogP contribution >= 0.6 is 0 Å². The number of amides is 1. The summed E-state index contributed by atoms with van der Waals surface area (Å²) >= 11 is 0. The molecule has 1 amide bonds. The first kappa shape index (κ1) is 20.3. The average molecular weight is 426 g/mol. The molecular formula is C27H27N3O2. The Bertz CT molecular complexity index is 1300. The number of nitrogens with zero attached hydrogens (tertiary/aromatic N) is 1. The molecule has 0 radical (unpaired) electrons. The smallest absolute Gasteiger partial charge is 0.269 e. The van der Waals surface area contributed by atoms with E-state index in [2.05, 4.69) is 22.4 Å². The number of aromatic nitrogens is 2. The standard InChI is InChI=1S/C27H27N3O2/c1-32-20-13-11-19(12-14-20)25-26-22(21-9-5-6-10-23(21)29-26)17-24(30-25)27(31)28-16-15-18-7-3-2-4-8-18/h5-7,9-14,17,29H,2-4,8,15-16H2,1H3,(H,28,31). The number of H-pyrrole nitrogens is 1. The molecule has 0 aliphatic heterocycles. The minimum atomic E-state index is -0.136. The predicted molar refractivity (Wildman–Crippen MR) is 129 cm³/mol. The van der Waals surface area contributed by atoms with Crippen LogP contribution in [0.3, 0.4) is 0 Å². The van der Waals surface area contributed by atoms with E-state index in [1.54, 1.807) is 7.11 Å². The van der Waals surface area contributed by atoms with Gasteiger partial charge in [0.15, 0.2) is 0 Å². The fourth-order valence-electron chi connectivity index (χ4n) is 4.48. The largest absolute Gasteiger partial charge is 0.497 e. The zero-order chi connectivity index (χ0) is 21.9. The molecule has 5 rings (SSSR count). The molecule has 2 heterocycles. The lowest BCUT2D eigenvalue weighted by Gasteiger charge is -2.13. The highest BCUT2D eigenvalue weighted by Crippen LogP contribution is 2.33. The predicted octanol–water partition coefficient (Wildman–Crippen LogP) is 6.01. The molecule has 162 valence electrons. The summed E-state index contributed by atoms with van der Waals surface area (Å²) in [6.07, 6.45) is 8.08. The van der Waals surface area contributed by atoms with E-state index in [9.17, 15) is 4.79 Å². The number of carbonyl (C=O) groups is 1. The normalized spacial score (nSPS) is 13.8. The molecule has 5 heteroatoms. The average Bonchev–Trinajstić information content (AvgIpc) is 3.23. The molecule has 0 unspecified atom stereocenters. The van der Waals surface area contributed by atoms with E-state index in [1.807, 2.05) is 48.5 Å².